The zero-order chi connectivity index (χ0) is 19.2. The molecular formula is C22H25N5O. The molecule has 2 aromatic carbocycles. The molecule has 0 amide bonds. The van der Waals surface area contributed by atoms with Crippen LogP contribution < -0.4 is 15.4 Å². The van der Waals surface area contributed by atoms with E-state index in [1.165, 1.54) is 16.7 Å². The molecule has 2 N–H and O–H groups in total. The average molecular weight is 375 g/mol. The van der Waals surface area contributed by atoms with E-state index in [9.17, 15) is 0 Å². The third-order valence-corrected chi connectivity index (χ3v) is 4.84. The van der Waals surface area contributed by atoms with Crippen LogP contribution in [-0.2, 0) is 19.5 Å². The minimum atomic E-state index is 0.137. The number of guanidine groups is 1. The highest BCUT2D eigenvalue weighted by Crippen LogP contribution is 2.27. The van der Waals surface area contributed by atoms with Gasteiger partial charge in [-0.2, -0.15) is 0 Å². The van der Waals surface area contributed by atoms with E-state index in [2.05, 4.69) is 61.6 Å². The van der Waals surface area contributed by atoms with Crippen molar-refractivity contribution in [1.82, 2.24) is 20.2 Å². The van der Waals surface area contributed by atoms with Crippen LogP contribution in [0.25, 0.3) is 0 Å². The molecule has 3 aromatic rings. The highest BCUT2D eigenvalue weighted by Gasteiger charge is 2.22. The van der Waals surface area contributed by atoms with Crippen LogP contribution in [0.1, 0.15) is 16.7 Å². The van der Waals surface area contributed by atoms with Crippen molar-refractivity contribution in [3.05, 3.63) is 83.9 Å². The zero-order valence-electron chi connectivity index (χ0n) is 16.0. The Morgan fingerprint density at radius 3 is 2.71 bits per heavy atom. The molecule has 0 bridgehead atoms. The maximum atomic E-state index is 5.97. The van der Waals surface area contributed by atoms with Gasteiger partial charge in [-0.05, 0) is 22.8 Å². The number of rotatable bonds is 6. The lowest BCUT2D eigenvalue weighted by atomic mass is 10.1. The SMILES string of the molecule is CN=C(NCc1ccc(Cn2ccnc2)cc1)NCC1Cc2ccccc2O1. The summed E-state index contributed by atoms with van der Waals surface area (Å²) in [6, 6.07) is 16.8. The number of fused-ring (bicyclic) bond motifs is 1. The predicted molar refractivity (Wildman–Crippen MR) is 111 cm³/mol. The van der Waals surface area contributed by atoms with Gasteiger partial charge in [0.05, 0.1) is 12.9 Å². The van der Waals surface area contributed by atoms with Gasteiger partial charge in [0.15, 0.2) is 5.96 Å². The number of nitrogens with zero attached hydrogens (tertiary/aromatic N) is 3. The van der Waals surface area contributed by atoms with Gasteiger partial charge in [-0.1, -0.05) is 42.5 Å². The Labute approximate surface area is 165 Å². The molecule has 0 aliphatic carbocycles. The van der Waals surface area contributed by atoms with Gasteiger partial charge in [0, 0.05) is 39.0 Å². The van der Waals surface area contributed by atoms with Gasteiger partial charge in [-0.3, -0.25) is 4.99 Å². The van der Waals surface area contributed by atoms with Crippen molar-refractivity contribution in [3.8, 4) is 5.75 Å². The van der Waals surface area contributed by atoms with Crippen LogP contribution in [0.2, 0.25) is 0 Å². The third-order valence-electron chi connectivity index (χ3n) is 4.84. The van der Waals surface area contributed by atoms with E-state index < -0.39 is 0 Å². The van der Waals surface area contributed by atoms with Crippen molar-refractivity contribution >= 4 is 5.96 Å². The van der Waals surface area contributed by atoms with E-state index in [1.54, 1.807) is 13.2 Å². The van der Waals surface area contributed by atoms with Crippen molar-refractivity contribution in [2.24, 2.45) is 4.99 Å². The Morgan fingerprint density at radius 1 is 1.14 bits per heavy atom. The van der Waals surface area contributed by atoms with Gasteiger partial charge in [0.2, 0.25) is 0 Å². The Kier molecular flexibility index (Phi) is 5.56. The van der Waals surface area contributed by atoms with Crippen LogP contribution in [0.4, 0.5) is 0 Å². The van der Waals surface area contributed by atoms with Crippen LogP contribution in [0, 0.1) is 0 Å². The number of nitrogens with one attached hydrogen (secondary N) is 2. The second-order valence-corrected chi connectivity index (χ2v) is 6.91. The summed E-state index contributed by atoms with van der Waals surface area (Å²) in [7, 11) is 1.79. The molecule has 0 fully saturated rings. The molecule has 0 saturated carbocycles. The Balaban J connectivity index is 1.23. The van der Waals surface area contributed by atoms with E-state index >= 15 is 0 Å². The van der Waals surface area contributed by atoms with Crippen LogP contribution in [0.5, 0.6) is 5.75 Å². The molecule has 0 spiro atoms. The molecule has 4 rings (SSSR count). The van der Waals surface area contributed by atoms with Gasteiger partial charge in [0.1, 0.15) is 11.9 Å². The molecule has 2 heterocycles. The van der Waals surface area contributed by atoms with Crippen LogP contribution in [-0.4, -0.2) is 35.2 Å². The molecule has 28 heavy (non-hydrogen) atoms. The minimum absolute atomic E-state index is 0.137. The van der Waals surface area contributed by atoms with E-state index in [-0.39, 0.29) is 6.10 Å². The molecule has 1 aromatic heterocycles. The molecule has 1 unspecified atom stereocenters. The highest BCUT2D eigenvalue weighted by atomic mass is 16.5. The second-order valence-electron chi connectivity index (χ2n) is 6.91. The zero-order valence-corrected chi connectivity index (χ0v) is 16.0. The Morgan fingerprint density at radius 2 is 1.96 bits per heavy atom. The largest absolute Gasteiger partial charge is 0.488 e. The van der Waals surface area contributed by atoms with Crippen molar-refractivity contribution in [3.63, 3.8) is 0 Å². The number of ether oxygens (including phenoxy) is 1. The molecular weight excluding hydrogens is 350 g/mol. The van der Waals surface area contributed by atoms with E-state index in [4.69, 9.17) is 4.74 Å². The first-order valence-corrected chi connectivity index (χ1v) is 9.53. The minimum Gasteiger partial charge on any atom is -0.488 e. The first kappa shape index (κ1) is 18.1. The summed E-state index contributed by atoms with van der Waals surface area (Å²) in [6.45, 7) is 2.27. The summed E-state index contributed by atoms with van der Waals surface area (Å²) < 4.78 is 8.03. The molecule has 1 atom stereocenters. The third kappa shape index (κ3) is 4.52. The maximum absolute atomic E-state index is 5.97. The van der Waals surface area contributed by atoms with Gasteiger partial charge >= 0.3 is 0 Å². The van der Waals surface area contributed by atoms with Gasteiger partial charge < -0.3 is 19.9 Å². The lowest BCUT2D eigenvalue weighted by Crippen LogP contribution is -2.41. The van der Waals surface area contributed by atoms with Crippen molar-refractivity contribution in [2.75, 3.05) is 13.6 Å². The number of para-hydroxylation sites is 1. The fourth-order valence-electron chi connectivity index (χ4n) is 3.34. The molecule has 1 aliphatic rings. The van der Waals surface area contributed by atoms with Crippen LogP contribution in [0.15, 0.2) is 72.2 Å². The lowest BCUT2D eigenvalue weighted by Gasteiger charge is -2.15. The smallest absolute Gasteiger partial charge is 0.191 e. The second kappa shape index (κ2) is 8.61. The first-order valence-electron chi connectivity index (χ1n) is 9.53. The standard InChI is InChI=1S/C22H25N5O/c1-23-22(26-14-20-12-19-4-2-3-5-21(19)28-20)25-13-17-6-8-18(9-7-17)15-27-11-10-24-16-27/h2-11,16,20H,12-15H2,1H3,(H2,23,25,26). The first-order chi connectivity index (χ1) is 13.8. The van der Waals surface area contributed by atoms with Crippen molar-refractivity contribution in [2.45, 2.75) is 25.6 Å². The number of aromatic nitrogens is 2. The highest BCUT2D eigenvalue weighted by molar-refractivity contribution is 5.79. The molecule has 6 heteroatoms. The number of hydrogen-bond donors (Lipinski definition) is 2. The Hall–Kier alpha value is -3.28. The summed E-state index contributed by atoms with van der Waals surface area (Å²) in [5.41, 5.74) is 3.73. The Bertz CT molecular complexity index is 893. The maximum Gasteiger partial charge on any atom is 0.191 e. The number of hydrogen-bond acceptors (Lipinski definition) is 3. The molecule has 0 radical (unpaired) electrons. The van der Waals surface area contributed by atoms with Crippen molar-refractivity contribution in [1.29, 1.82) is 0 Å². The summed E-state index contributed by atoms with van der Waals surface area (Å²) in [6.07, 6.45) is 6.67. The van der Waals surface area contributed by atoms with Crippen LogP contribution in [0.3, 0.4) is 0 Å². The van der Waals surface area contributed by atoms with Gasteiger partial charge in [0.25, 0.3) is 0 Å². The normalized spacial score (nSPS) is 15.8. The van der Waals surface area contributed by atoms with Gasteiger partial charge in [-0.25, -0.2) is 4.98 Å². The monoisotopic (exact) mass is 375 g/mol. The molecule has 144 valence electrons. The molecule has 6 nitrogen and oxygen atoms in total. The predicted octanol–water partition coefficient (Wildman–Crippen LogP) is 2.60. The van der Waals surface area contributed by atoms with E-state index in [0.717, 1.165) is 37.8 Å². The summed E-state index contributed by atoms with van der Waals surface area (Å²) in [4.78, 5) is 8.39. The lowest BCUT2D eigenvalue weighted by molar-refractivity contribution is 0.235. The van der Waals surface area contributed by atoms with E-state index in [0.29, 0.717) is 0 Å². The summed E-state index contributed by atoms with van der Waals surface area (Å²) in [5, 5.41) is 6.73. The van der Waals surface area contributed by atoms with E-state index in [1.807, 2.05) is 24.7 Å². The fraction of sp³-hybridized carbons (Fsp3) is 0.273. The average Bonchev–Trinajstić information content (AvgIpc) is 3.38. The number of aliphatic imine (C=N–C) groups is 1. The summed E-state index contributed by atoms with van der Waals surface area (Å²) in [5.74, 6) is 1.77. The molecule has 1 aliphatic heterocycles. The topological polar surface area (TPSA) is 63.5 Å². The van der Waals surface area contributed by atoms with Crippen molar-refractivity contribution < 1.29 is 4.74 Å². The molecule has 0 saturated heterocycles. The van der Waals surface area contributed by atoms with Gasteiger partial charge in [-0.15, -0.1) is 0 Å². The quantitative estimate of drug-likeness (QED) is 0.514. The van der Waals surface area contributed by atoms with Crippen LogP contribution >= 0.6 is 0 Å². The number of benzene rings is 2. The fourth-order valence-corrected chi connectivity index (χ4v) is 3.34. The number of imidazole rings is 1. The summed E-state index contributed by atoms with van der Waals surface area (Å²) >= 11 is 0.